The largest absolute Gasteiger partial charge is 0.405 e. The van der Waals surface area contributed by atoms with Crippen LogP contribution in [0.15, 0.2) is 0 Å². The molecule has 0 aliphatic carbocycles. The Morgan fingerprint density at radius 3 is 2.40 bits per heavy atom. The molecule has 2 unspecified atom stereocenters. The van der Waals surface area contributed by atoms with Crippen LogP contribution in [0.25, 0.3) is 0 Å². The number of hydrogen-bond acceptors (Lipinski definition) is 3. The maximum Gasteiger partial charge on any atom is 0.405 e. The molecule has 90 valence electrons. The Morgan fingerprint density at radius 2 is 2.00 bits per heavy atom. The summed E-state index contributed by atoms with van der Waals surface area (Å²) in [6, 6.07) is -2.18. The van der Waals surface area contributed by atoms with Gasteiger partial charge in [-0.25, -0.2) is 0 Å². The van der Waals surface area contributed by atoms with E-state index in [2.05, 4.69) is 5.32 Å². The zero-order valence-electron chi connectivity index (χ0n) is 8.88. The molecule has 6 heteroatoms. The highest BCUT2D eigenvalue weighted by molar-refractivity contribution is 4.92. The summed E-state index contributed by atoms with van der Waals surface area (Å²) in [6.07, 6.45) is -4.24. The average molecular weight is 226 g/mol. The third-order valence-electron chi connectivity index (χ3n) is 2.68. The van der Waals surface area contributed by atoms with E-state index < -0.39 is 18.3 Å². The van der Waals surface area contributed by atoms with Crippen molar-refractivity contribution in [2.75, 3.05) is 19.7 Å². The summed E-state index contributed by atoms with van der Waals surface area (Å²) < 4.78 is 38.1. The lowest BCUT2D eigenvalue weighted by Crippen LogP contribution is -2.65. The summed E-state index contributed by atoms with van der Waals surface area (Å²) in [5.41, 5.74) is 0. The Bertz CT molecular complexity index is 208. The van der Waals surface area contributed by atoms with E-state index in [1.807, 2.05) is 0 Å². The molecule has 2 atom stereocenters. The quantitative estimate of drug-likeness (QED) is 0.723. The number of halogens is 3. The Labute approximate surface area is 87.3 Å². The van der Waals surface area contributed by atoms with Gasteiger partial charge in [0, 0.05) is 25.2 Å². The zero-order chi connectivity index (χ0) is 11.6. The van der Waals surface area contributed by atoms with Gasteiger partial charge >= 0.3 is 6.18 Å². The molecule has 1 heterocycles. The van der Waals surface area contributed by atoms with E-state index in [4.69, 9.17) is 5.11 Å². The monoisotopic (exact) mass is 226 g/mol. The van der Waals surface area contributed by atoms with E-state index in [-0.39, 0.29) is 19.2 Å². The van der Waals surface area contributed by atoms with Gasteiger partial charge in [-0.1, -0.05) is 0 Å². The van der Waals surface area contributed by atoms with Crippen molar-refractivity contribution in [2.24, 2.45) is 0 Å². The first-order valence-corrected chi connectivity index (χ1v) is 5.03. The topological polar surface area (TPSA) is 35.5 Å². The molecule has 1 aliphatic rings. The van der Waals surface area contributed by atoms with E-state index in [1.54, 1.807) is 13.8 Å². The van der Waals surface area contributed by atoms with E-state index in [0.29, 0.717) is 6.54 Å². The maximum atomic E-state index is 12.7. The Hall–Kier alpha value is -0.330. The van der Waals surface area contributed by atoms with Crippen LogP contribution < -0.4 is 5.32 Å². The maximum absolute atomic E-state index is 12.7. The van der Waals surface area contributed by atoms with Gasteiger partial charge in [0.1, 0.15) is 6.04 Å². The Balaban J connectivity index is 2.84. The zero-order valence-corrected chi connectivity index (χ0v) is 8.88. The van der Waals surface area contributed by atoms with E-state index in [0.717, 1.165) is 0 Å². The molecule has 2 N–H and O–H groups in total. The molecule has 0 aromatic rings. The van der Waals surface area contributed by atoms with Crippen molar-refractivity contribution in [1.29, 1.82) is 0 Å². The molecule has 0 bridgehead atoms. The van der Waals surface area contributed by atoms with Gasteiger partial charge in [-0.3, -0.25) is 4.90 Å². The second kappa shape index (κ2) is 4.67. The fourth-order valence-electron chi connectivity index (χ4n) is 2.08. The number of aliphatic hydroxyl groups excluding tert-OH is 1. The van der Waals surface area contributed by atoms with Gasteiger partial charge in [-0.05, 0) is 13.8 Å². The van der Waals surface area contributed by atoms with E-state index >= 15 is 0 Å². The molecular weight excluding hydrogens is 209 g/mol. The standard InChI is InChI=1S/C9H17F3N2O/c1-6(2)14-7(5-15)3-13-4-8(14)9(10,11)12/h6-8,13,15H,3-5H2,1-2H3. The van der Waals surface area contributed by atoms with Gasteiger partial charge in [0.25, 0.3) is 0 Å². The van der Waals surface area contributed by atoms with Gasteiger partial charge in [0.05, 0.1) is 6.61 Å². The molecule has 3 nitrogen and oxygen atoms in total. The lowest BCUT2D eigenvalue weighted by atomic mass is 10.0. The number of hydrogen-bond donors (Lipinski definition) is 2. The fourth-order valence-corrected chi connectivity index (χ4v) is 2.08. The summed E-state index contributed by atoms with van der Waals surface area (Å²) in [4.78, 5) is 1.34. The van der Waals surface area contributed by atoms with Crippen LogP contribution in [0.4, 0.5) is 13.2 Å². The molecule has 1 saturated heterocycles. The summed E-state index contributed by atoms with van der Waals surface area (Å²) in [7, 11) is 0. The Morgan fingerprint density at radius 1 is 1.40 bits per heavy atom. The van der Waals surface area contributed by atoms with Crippen molar-refractivity contribution in [3.63, 3.8) is 0 Å². The smallest absolute Gasteiger partial charge is 0.395 e. The normalized spacial score (nSPS) is 29.8. The predicted octanol–water partition coefficient (Wildman–Crippen LogP) is 0.592. The Kier molecular flexibility index (Phi) is 3.97. The van der Waals surface area contributed by atoms with Gasteiger partial charge < -0.3 is 10.4 Å². The number of alkyl halides is 3. The summed E-state index contributed by atoms with van der Waals surface area (Å²) in [6.45, 7) is 3.48. The molecule has 0 amide bonds. The number of rotatable bonds is 2. The molecule has 0 aromatic heterocycles. The molecule has 0 spiro atoms. The second-order valence-corrected chi connectivity index (χ2v) is 4.09. The van der Waals surface area contributed by atoms with E-state index in [1.165, 1.54) is 4.90 Å². The van der Waals surface area contributed by atoms with Crippen molar-refractivity contribution in [1.82, 2.24) is 10.2 Å². The fraction of sp³-hybridized carbons (Fsp3) is 1.00. The average Bonchev–Trinajstić information content (AvgIpc) is 2.15. The summed E-state index contributed by atoms with van der Waals surface area (Å²) in [5.74, 6) is 0. The van der Waals surface area contributed by atoms with Crippen LogP contribution in [-0.4, -0.2) is 54.0 Å². The first-order valence-electron chi connectivity index (χ1n) is 5.03. The van der Waals surface area contributed by atoms with Crippen LogP contribution >= 0.6 is 0 Å². The highest BCUT2D eigenvalue weighted by atomic mass is 19.4. The van der Waals surface area contributed by atoms with Crippen LogP contribution in [0.1, 0.15) is 13.8 Å². The third kappa shape index (κ3) is 2.83. The summed E-state index contributed by atoms with van der Waals surface area (Å²) >= 11 is 0. The molecule has 1 fully saturated rings. The number of aliphatic hydroxyl groups is 1. The van der Waals surface area contributed by atoms with Gasteiger partial charge in [0.15, 0.2) is 0 Å². The van der Waals surface area contributed by atoms with Gasteiger partial charge in [0.2, 0.25) is 0 Å². The number of piperazine rings is 1. The molecule has 0 saturated carbocycles. The predicted molar refractivity (Wildman–Crippen MR) is 50.6 cm³/mol. The highest BCUT2D eigenvalue weighted by Crippen LogP contribution is 2.29. The van der Waals surface area contributed by atoms with Gasteiger partial charge in [-0.15, -0.1) is 0 Å². The van der Waals surface area contributed by atoms with E-state index in [9.17, 15) is 13.2 Å². The molecular formula is C9H17F3N2O. The lowest BCUT2D eigenvalue weighted by Gasteiger charge is -2.44. The van der Waals surface area contributed by atoms with Crippen molar-refractivity contribution in [2.45, 2.75) is 38.1 Å². The molecule has 1 aliphatic heterocycles. The first-order chi connectivity index (χ1) is 6.88. The van der Waals surface area contributed by atoms with Crippen LogP contribution in [-0.2, 0) is 0 Å². The molecule has 15 heavy (non-hydrogen) atoms. The number of nitrogens with zero attached hydrogens (tertiary/aromatic N) is 1. The molecule has 1 rings (SSSR count). The van der Waals surface area contributed by atoms with Gasteiger partial charge in [-0.2, -0.15) is 13.2 Å². The molecule has 0 radical (unpaired) electrons. The minimum absolute atomic E-state index is 0.0990. The summed E-state index contributed by atoms with van der Waals surface area (Å²) in [5, 5.41) is 11.8. The lowest BCUT2D eigenvalue weighted by molar-refractivity contribution is -0.201. The van der Waals surface area contributed by atoms with Crippen molar-refractivity contribution < 1.29 is 18.3 Å². The number of nitrogens with one attached hydrogen (secondary N) is 1. The van der Waals surface area contributed by atoms with Crippen molar-refractivity contribution >= 4 is 0 Å². The van der Waals surface area contributed by atoms with Crippen LogP contribution in [0.3, 0.4) is 0 Å². The highest BCUT2D eigenvalue weighted by Gasteiger charge is 2.48. The molecule has 0 aromatic carbocycles. The second-order valence-electron chi connectivity index (χ2n) is 4.09. The SMILES string of the molecule is CC(C)N1C(CO)CNCC1C(F)(F)F. The third-order valence-corrected chi connectivity index (χ3v) is 2.68. The van der Waals surface area contributed by atoms with Crippen LogP contribution in [0.2, 0.25) is 0 Å². The minimum Gasteiger partial charge on any atom is -0.395 e. The minimum atomic E-state index is -4.24. The first kappa shape index (κ1) is 12.7. The van der Waals surface area contributed by atoms with Crippen LogP contribution in [0.5, 0.6) is 0 Å². The van der Waals surface area contributed by atoms with Crippen LogP contribution in [0, 0.1) is 0 Å². The van der Waals surface area contributed by atoms with Crippen molar-refractivity contribution in [3.05, 3.63) is 0 Å². The van der Waals surface area contributed by atoms with Crippen molar-refractivity contribution in [3.8, 4) is 0 Å².